The number of carbonyl (C=O) groups excluding carboxylic acids is 2. The average Bonchev–Trinajstić information content (AvgIpc) is 2.87. The topological polar surface area (TPSA) is 89.2 Å². The van der Waals surface area contributed by atoms with Gasteiger partial charge in [0.2, 0.25) is 11.8 Å². The molecule has 0 fully saturated rings. The first-order chi connectivity index (χ1) is 10.1. The molecule has 21 heavy (non-hydrogen) atoms. The van der Waals surface area contributed by atoms with E-state index >= 15 is 0 Å². The van der Waals surface area contributed by atoms with Gasteiger partial charge in [0.25, 0.3) is 0 Å². The fraction of sp³-hybridized carbons (Fsp3) is 0.333. The number of hydrogen-bond acceptors (Lipinski definition) is 3. The molecule has 0 radical (unpaired) electrons. The molecule has 0 aliphatic carbocycles. The fourth-order valence-electron chi connectivity index (χ4n) is 2.17. The number of fused-ring (bicyclic) bond motifs is 1. The smallest absolute Gasteiger partial charge is 0.243 e. The largest absolute Gasteiger partial charge is 0.347 e. The number of carbonyl (C=O) groups is 2. The first-order valence-electron chi connectivity index (χ1n) is 6.99. The Balaban J connectivity index is 2.02. The third-order valence-corrected chi connectivity index (χ3v) is 3.15. The van der Waals surface area contributed by atoms with Crippen LogP contribution in [0.15, 0.2) is 30.5 Å². The fourth-order valence-corrected chi connectivity index (χ4v) is 2.17. The third kappa shape index (κ3) is 3.82. The number of anilines is 1. The zero-order valence-corrected chi connectivity index (χ0v) is 12.1. The maximum Gasteiger partial charge on any atom is 0.243 e. The van der Waals surface area contributed by atoms with E-state index in [1.807, 2.05) is 30.5 Å². The molecule has 0 atom stereocenters. The summed E-state index contributed by atoms with van der Waals surface area (Å²) in [6, 6.07) is 7.79. The maximum atomic E-state index is 11.7. The number of amides is 2. The first-order valence-corrected chi connectivity index (χ1v) is 6.99. The van der Waals surface area contributed by atoms with E-state index in [0.29, 0.717) is 5.69 Å². The van der Waals surface area contributed by atoms with Gasteiger partial charge in [-0.1, -0.05) is 6.92 Å². The van der Waals surface area contributed by atoms with Crippen LogP contribution in [0.5, 0.6) is 0 Å². The summed E-state index contributed by atoms with van der Waals surface area (Å²) >= 11 is 0. The summed E-state index contributed by atoms with van der Waals surface area (Å²) < 4.78 is 2.18. The van der Waals surface area contributed by atoms with Crippen LogP contribution in [0.3, 0.4) is 0 Å². The van der Waals surface area contributed by atoms with E-state index in [2.05, 4.69) is 22.1 Å². The highest BCUT2D eigenvalue weighted by molar-refractivity contribution is 5.96. The summed E-state index contributed by atoms with van der Waals surface area (Å²) in [5.41, 5.74) is 7.01. The lowest BCUT2D eigenvalue weighted by Gasteiger charge is -2.07. The Morgan fingerprint density at radius 3 is 2.76 bits per heavy atom. The number of aryl methyl sites for hydroxylation is 1. The standard InChI is InChI=1S/C15H20N4O2/c1-2-6-19-7-5-11-8-12(3-4-13(11)19)18-15(21)10-17-14(20)9-16/h3-5,7-8H,2,6,9-10,16H2,1H3,(H,17,20)(H,18,21). The molecule has 4 N–H and O–H groups in total. The molecule has 6 nitrogen and oxygen atoms in total. The van der Waals surface area contributed by atoms with Crippen LogP contribution in [0.4, 0.5) is 5.69 Å². The van der Waals surface area contributed by atoms with Crippen molar-refractivity contribution in [2.45, 2.75) is 19.9 Å². The summed E-state index contributed by atoms with van der Waals surface area (Å²) in [5, 5.41) is 6.26. The van der Waals surface area contributed by atoms with Crippen molar-refractivity contribution in [3.05, 3.63) is 30.5 Å². The van der Waals surface area contributed by atoms with Gasteiger partial charge in [-0.2, -0.15) is 0 Å². The van der Waals surface area contributed by atoms with Crippen molar-refractivity contribution in [1.82, 2.24) is 9.88 Å². The van der Waals surface area contributed by atoms with Crippen LogP contribution < -0.4 is 16.4 Å². The molecule has 2 rings (SSSR count). The highest BCUT2D eigenvalue weighted by Gasteiger charge is 2.06. The van der Waals surface area contributed by atoms with Crippen molar-refractivity contribution in [3.8, 4) is 0 Å². The van der Waals surface area contributed by atoms with E-state index in [4.69, 9.17) is 5.73 Å². The van der Waals surface area contributed by atoms with Crippen molar-refractivity contribution in [1.29, 1.82) is 0 Å². The van der Waals surface area contributed by atoms with Gasteiger partial charge in [0, 0.05) is 29.3 Å². The van der Waals surface area contributed by atoms with Crippen LogP contribution >= 0.6 is 0 Å². The summed E-state index contributed by atoms with van der Waals surface area (Å²) in [6.45, 7) is 2.91. The second-order valence-corrected chi connectivity index (χ2v) is 4.81. The molecule has 2 amide bonds. The molecular weight excluding hydrogens is 268 g/mol. The number of rotatable bonds is 6. The Bertz CT molecular complexity index is 648. The van der Waals surface area contributed by atoms with E-state index in [1.165, 1.54) is 0 Å². The number of nitrogens with one attached hydrogen (secondary N) is 2. The van der Waals surface area contributed by atoms with E-state index < -0.39 is 0 Å². The Kier molecular flexibility index (Phi) is 4.94. The van der Waals surface area contributed by atoms with Crippen LogP contribution in [-0.4, -0.2) is 29.5 Å². The Hall–Kier alpha value is -2.34. The molecule has 1 heterocycles. The Morgan fingerprint density at radius 1 is 1.24 bits per heavy atom. The third-order valence-electron chi connectivity index (χ3n) is 3.15. The van der Waals surface area contributed by atoms with Gasteiger partial charge in [0.05, 0.1) is 13.1 Å². The monoisotopic (exact) mass is 288 g/mol. The molecule has 0 bridgehead atoms. The van der Waals surface area contributed by atoms with Crippen molar-refractivity contribution >= 4 is 28.4 Å². The van der Waals surface area contributed by atoms with Crippen LogP contribution in [0, 0.1) is 0 Å². The van der Waals surface area contributed by atoms with Gasteiger partial charge in [0.1, 0.15) is 0 Å². The van der Waals surface area contributed by atoms with Crippen molar-refractivity contribution in [2.75, 3.05) is 18.4 Å². The van der Waals surface area contributed by atoms with Gasteiger partial charge < -0.3 is 20.9 Å². The van der Waals surface area contributed by atoms with E-state index in [1.54, 1.807) is 0 Å². The van der Waals surface area contributed by atoms with Crippen LogP contribution in [0.2, 0.25) is 0 Å². The van der Waals surface area contributed by atoms with Crippen molar-refractivity contribution < 1.29 is 9.59 Å². The van der Waals surface area contributed by atoms with Gasteiger partial charge in [-0.3, -0.25) is 9.59 Å². The molecular formula is C15H20N4O2. The molecule has 0 aliphatic rings. The second kappa shape index (κ2) is 6.90. The number of benzene rings is 1. The molecule has 0 saturated heterocycles. The quantitative estimate of drug-likeness (QED) is 0.742. The lowest BCUT2D eigenvalue weighted by atomic mass is 10.2. The number of nitrogens with two attached hydrogens (primary N) is 1. The van der Waals surface area contributed by atoms with E-state index in [0.717, 1.165) is 23.9 Å². The maximum absolute atomic E-state index is 11.7. The lowest BCUT2D eigenvalue weighted by molar-refractivity contribution is -0.123. The molecule has 0 unspecified atom stereocenters. The predicted octanol–water partition coefficient (Wildman–Crippen LogP) is 1.06. The first kappa shape index (κ1) is 15.1. The van der Waals surface area contributed by atoms with Crippen molar-refractivity contribution in [3.63, 3.8) is 0 Å². The van der Waals surface area contributed by atoms with Crippen molar-refractivity contribution in [2.24, 2.45) is 5.73 Å². The molecule has 0 saturated carbocycles. The Morgan fingerprint density at radius 2 is 2.05 bits per heavy atom. The Labute approximate surface area is 123 Å². The molecule has 0 aliphatic heterocycles. The van der Waals surface area contributed by atoms with E-state index in [-0.39, 0.29) is 24.9 Å². The summed E-state index contributed by atoms with van der Waals surface area (Å²) in [5.74, 6) is -0.624. The average molecular weight is 288 g/mol. The highest BCUT2D eigenvalue weighted by atomic mass is 16.2. The molecule has 6 heteroatoms. The van der Waals surface area contributed by atoms with Crippen LogP contribution in [0.1, 0.15) is 13.3 Å². The zero-order chi connectivity index (χ0) is 15.2. The SMILES string of the molecule is CCCn1ccc2cc(NC(=O)CNC(=O)CN)ccc21. The molecule has 1 aromatic carbocycles. The van der Waals surface area contributed by atoms with Crippen LogP contribution in [-0.2, 0) is 16.1 Å². The lowest BCUT2D eigenvalue weighted by Crippen LogP contribution is -2.36. The zero-order valence-electron chi connectivity index (χ0n) is 12.1. The van der Waals surface area contributed by atoms with Gasteiger partial charge in [0.15, 0.2) is 0 Å². The van der Waals surface area contributed by atoms with Gasteiger partial charge >= 0.3 is 0 Å². The number of hydrogen-bond donors (Lipinski definition) is 3. The summed E-state index contributed by atoms with van der Waals surface area (Å²) in [6.07, 6.45) is 3.12. The minimum atomic E-state index is -0.350. The molecule has 2 aromatic rings. The number of nitrogens with zero attached hydrogens (tertiary/aromatic N) is 1. The predicted molar refractivity (Wildman–Crippen MR) is 82.9 cm³/mol. The normalized spacial score (nSPS) is 10.6. The minimum absolute atomic E-state index is 0.0785. The minimum Gasteiger partial charge on any atom is -0.347 e. The molecule has 1 aromatic heterocycles. The molecule has 112 valence electrons. The highest BCUT2D eigenvalue weighted by Crippen LogP contribution is 2.20. The second-order valence-electron chi connectivity index (χ2n) is 4.81. The summed E-state index contributed by atoms with van der Waals surface area (Å²) in [4.78, 5) is 22.7. The van der Waals surface area contributed by atoms with Gasteiger partial charge in [-0.25, -0.2) is 0 Å². The van der Waals surface area contributed by atoms with Gasteiger partial charge in [-0.15, -0.1) is 0 Å². The summed E-state index contributed by atoms with van der Waals surface area (Å²) in [7, 11) is 0. The molecule has 0 spiro atoms. The number of aromatic nitrogens is 1. The van der Waals surface area contributed by atoms with Gasteiger partial charge in [-0.05, 0) is 30.7 Å². The van der Waals surface area contributed by atoms with Crippen LogP contribution in [0.25, 0.3) is 10.9 Å². The van der Waals surface area contributed by atoms with E-state index in [9.17, 15) is 9.59 Å².